The first-order valence-electron chi connectivity index (χ1n) is 10.9. The Morgan fingerprint density at radius 3 is 2.39 bits per heavy atom. The normalized spacial score (nSPS) is 23.8. The van der Waals surface area contributed by atoms with E-state index in [1.807, 2.05) is 6.92 Å². The summed E-state index contributed by atoms with van der Waals surface area (Å²) in [5.74, 6) is -0.126. The summed E-state index contributed by atoms with van der Waals surface area (Å²) in [6.07, 6.45) is 6.56. The highest BCUT2D eigenvalue weighted by Gasteiger charge is 2.41. The summed E-state index contributed by atoms with van der Waals surface area (Å²) in [6.45, 7) is 12.7. The van der Waals surface area contributed by atoms with Crippen molar-refractivity contribution in [1.82, 2.24) is 5.32 Å². The molecule has 1 aliphatic rings. The van der Waals surface area contributed by atoms with Gasteiger partial charge in [-0.05, 0) is 49.4 Å². The second-order valence-electron chi connectivity index (χ2n) is 9.22. The molecule has 1 amide bonds. The Balaban J connectivity index is 2.44. The van der Waals surface area contributed by atoms with Crippen LogP contribution in [0.15, 0.2) is 0 Å². The Morgan fingerprint density at radius 2 is 1.71 bits per heavy atom. The first kappa shape index (κ1) is 24.7. The van der Waals surface area contributed by atoms with Crippen molar-refractivity contribution in [2.45, 2.75) is 92.0 Å². The molecule has 0 aromatic rings. The molecule has 0 aromatic heterocycles. The second-order valence-corrected chi connectivity index (χ2v) is 9.22. The van der Waals surface area contributed by atoms with E-state index in [9.17, 15) is 9.59 Å². The van der Waals surface area contributed by atoms with Crippen molar-refractivity contribution in [3.63, 3.8) is 0 Å². The van der Waals surface area contributed by atoms with E-state index in [1.54, 1.807) is 0 Å². The molecule has 0 spiro atoms. The molecule has 1 N–H and O–H groups in total. The molecule has 1 saturated carbocycles. The zero-order valence-corrected chi connectivity index (χ0v) is 18.6. The summed E-state index contributed by atoms with van der Waals surface area (Å²) in [6, 6.07) is 0.0499. The monoisotopic (exact) mass is 399 g/mol. The van der Waals surface area contributed by atoms with Gasteiger partial charge in [0.1, 0.15) is 6.61 Å². The molecule has 164 valence electrons. The molecule has 28 heavy (non-hydrogen) atoms. The minimum Gasteiger partial charge on any atom is -0.466 e. The van der Waals surface area contributed by atoms with Crippen LogP contribution in [0.25, 0.3) is 0 Å². The fourth-order valence-electron chi connectivity index (χ4n) is 4.37. The summed E-state index contributed by atoms with van der Waals surface area (Å²) in [4.78, 5) is 24.0. The lowest BCUT2D eigenvalue weighted by atomic mass is 9.61. The van der Waals surface area contributed by atoms with E-state index in [0.29, 0.717) is 26.2 Å². The summed E-state index contributed by atoms with van der Waals surface area (Å²) in [5.41, 5.74) is 0.0930. The van der Waals surface area contributed by atoms with Gasteiger partial charge in [-0.1, -0.05) is 41.0 Å². The van der Waals surface area contributed by atoms with Gasteiger partial charge in [-0.15, -0.1) is 0 Å². The topological polar surface area (TPSA) is 73.9 Å². The average Bonchev–Trinajstić information content (AvgIpc) is 2.59. The van der Waals surface area contributed by atoms with E-state index in [2.05, 4.69) is 33.0 Å². The SMILES string of the molecule is CCCCOCCOC(=O)NC1CC(C)(C)CC(C)(CCC(=O)OCCC)C1. The molecule has 1 fully saturated rings. The van der Waals surface area contributed by atoms with E-state index in [-0.39, 0.29) is 35.5 Å². The standard InChI is InChI=1S/C22H41NO5/c1-6-8-12-26-13-14-28-20(25)23-18-15-21(3,4)17-22(5,16-18)10-9-19(24)27-11-7-2/h18H,6-17H2,1-5H3,(H,23,25). The quantitative estimate of drug-likeness (QED) is 0.375. The lowest BCUT2D eigenvalue weighted by molar-refractivity contribution is -0.144. The fraction of sp³-hybridized carbons (Fsp3) is 0.909. The van der Waals surface area contributed by atoms with Gasteiger partial charge in [0.25, 0.3) is 0 Å². The molecule has 2 unspecified atom stereocenters. The first-order chi connectivity index (χ1) is 13.2. The maximum Gasteiger partial charge on any atom is 0.407 e. The smallest absolute Gasteiger partial charge is 0.407 e. The van der Waals surface area contributed by atoms with Crippen LogP contribution in [-0.4, -0.2) is 44.5 Å². The van der Waals surface area contributed by atoms with Crippen LogP contribution in [0.2, 0.25) is 0 Å². The van der Waals surface area contributed by atoms with Gasteiger partial charge in [0, 0.05) is 19.1 Å². The number of hydrogen-bond donors (Lipinski definition) is 1. The van der Waals surface area contributed by atoms with Crippen molar-refractivity contribution in [3.05, 3.63) is 0 Å². The highest BCUT2D eigenvalue weighted by molar-refractivity contribution is 5.69. The van der Waals surface area contributed by atoms with E-state index in [1.165, 1.54) is 0 Å². The molecule has 0 heterocycles. The van der Waals surface area contributed by atoms with Crippen molar-refractivity contribution in [1.29, 1.82) is 0 Å². The van der Waals surface area contributed by atoms with Gasteiger partial charge in [0.15, 0.2) is 0 Å². The Kier molecular flexibility index (Phi) is 10.9. The molecule has 1 aliphatic carbocycles. The van der Waals surface area contributed by atoms with E-state index in [0.717, 1.165) is 44.9 Å². The third kappa shape index (κ3) is 10.3. The third-order valence-electron chi connectivity index (χ3n) is 5.27. The van der Waals surface area contributed by atoms with Crippen LogP contribution in [0.1, 0.15) is 86.0 Å². The molecular weight excluding hydrogens is 358 g/mol. The summed E-state index contributed by atoms with van der Waals surface area (Å²) in [7, 11) is 0. The number of hydrogen-bond acceptors (Lipinski definition) is 5. The van der Waals surface area contributed by atoms with Crippen molar-refractivity contribution >= 4 is 12.1 Å². The van der Waals surface area contributed by atoms with Crippen LogP contribution >= 0.6 is 0 Å². The van der Waals surface area contributed by atoms with Crippen LogP contribution in [0.3, 0.4) is 0 Å². The van der Waals surface area contributed by atoms with Crippen LogP contribution in [0, 0.1) is 10.8 Å². The molecule has 1 rings (SSSR count). The lowest BCUT2D eigenvalue weighted by Crippen LogP contribution is -2.47. The minimum atomic E-state index is -0.383. The summed E-state index contributed by atoms with van der Waals surface area (Å²) in [5, 5.41) is 3.02. The number of esters is 1. The largest absolute Gasteiger partial charge is 0.466 e. The highest BCUT2D eigenvalue weighted by atomic mass is 16.6. The number of nitrogens with one attached hydrogen (secondary N) is 1. The molecule has 0 radical (unpaired) electrons. The number of rotatable bonds is 12. The number of alkyl carbamates (subject to hydrolysis) is 1. The zero-order chi connectivity index (χ0) is 21.0. The van der Waals surface area contributed by atoms with Gasteiger partial charge < -0.3 is 19.5 Å². The van der Waals surface area contributed by atoms with Crippen LogP contribution in [0.4, 0.5) is 4.79 Å². The molecule has 0 saturated heterocycles. The van der Waals surface area contributed by atoms with Crippen molar-refractivity contribution in [2.75, 3.05) is 26.4 Å². The Hall–Kier alpha value is -1.30. The number of carbonyl (C=O) groups excluding carboxylic acids is 2. The Labute approximate surface area is 171 Å². The van der Waals surface area contributed by atoms with Gasteiger partial charge >= 0.3 is 12.1 Å². The number of carbonyl (C=O) groups is 2. The molecule has 6 heteroatoms. The summed E-state index contributed by atoms with van der Waals surface area (Å²) < 4.78 is 15.9. The van der Waals surface area contributed by atoms with Gasteiger partial charge in [-0.3, -0.25) is 4.79 Å². The van der Waals surface area contributed by atoms with Gasteiger partial charge in [0.05, 0.1) is 13.2 Å². The average molecular weight is 400 g/mol. The molecule has 0 bridgehead atoms. The van der Waals surface area contributed by atoms with E-state index >= 15 is 0 Å². The van der Waals surface area contributed by atoms with Crippen LogP contribution < -0.4 is 5.32 Å². The predicted octanol–water partition coefficient (Wildman–Crippen LogP) is 4.85. The van der Waals surface area contributed by atoms with Crippen LogP contribution in [-0.2, 0) is 19.0 Å². The summed E-state index contributed by atoms with van der Waals surface area (Å²) >= 11 is 0. The maximum absolute atomic E-state index is 12.1. The van der Waals surface area contributed by atoms with E-state index < -0.39 is 0 Å². The van der Waals surface area contributed by atoms with Gasteiger partial charge in [-0.25, -0.2) is 4.79 Å². The predicted molar refractivity (Wildman–Crippen MR) is 110 cm³/mol. The first-order valence-corrected chi connectivity index (χ1v) is 10.9. The Morgan fingerprint density at radius 1 is 0.964 bits per heavy atom. The molecule has 0 aromatic carbocycles. The second kappa shape index (κ2) is 12.3. The van der Waals surface area contributed by atoms with Crippen LogP contribution in [0.5, 0.6) is 0 Å². The third-order valence-corrected chi connectivity index (χ3v) is 5.27. The molecular formula is C22H41NO5. The minimum absolute atomic E-state index is 0.00576. The van der Waals surface area contributed by atoms with Crippen molar-refractivity contribution < 1.29 is 23.8 Å². The lowest BCUT2D eigenvalue weighted by Gasteiger charge is -2.46. The Bertz CT molecular complexity index is 480. The van der Waals surface area contributed by atoms with Crippen molar-refractivity contribution in [2.24, 2.45) is 10.8 Å². The van der Waals surface area contributed by atoms with E-state index in [4.69, 9.17) is 14.2 Å². The van der Waals surface area contributed by atoms with Gasteiger partial charge in [-0.2, -0.15) is 0 Å². The zero-order valence-electron chi connectivity index (χ0n) is 18.6. The maximum atomic E-state index is 12.1. The number of unbranched alkanes of at least 4 members (excludes halogenated alkanes) is 1. The highest BCUT2D eigenvalue weighted by Crippen LogP contribution is 2.48. The fourth-order valence-corrected chi connectivity index (χ4v) is 4.37. The number of ether oxygens (including phenoxy) is 3. The van der Waals surface area contributed by atoms with Gasteiger partial charge in [0.2, 0.25) is 0 Å². The van der Waals surface area contributed by atoms with Crippen molar-refractivity contribution in [3.8, 4) is 0 Å². The molecule has 0 aliphatic heterocycles. The molecule has 6 nitrogen and oxygen atoms in total. The molecule has 2 atom stereocenters. The number of amides is 1.